The largest absolute Gasteiger partial charge is 0.299 e. The summed E-state index contributed by atoms with van der Waals surface area (Å²) >= 11 is 0. The Morgan fingerprint density at radius 1 is 1.03 bits per heavy atom. The first-order chi connectivity index (χ1) is 13.5. The van der Waals surface area contributed by atoms with Gasteiger partial charge in [0.1, 0.15) is 5.84 Å². The molecule has 1 atom stereocenters. The molecule has 2 aliphatic rings. The molecule has 6 heteroatoms. The molecule has 1 unspecified atom stereocenters. The second-order valence-corrected chi connectivity index (χ2v) is 11.5. The van der Waals surface area contributed by atoms with E-state index in [0.717, 1.165) is 16.8 Å². The molecule has 0 spiro atoms. The van der Waals surface area contributed by atoms with Gasteiger partial charge in [-0.05, 0) is 48.9 Å². The minimum absolute atomic E-state index is 0.0396. The summed E-state index contributed by atoms with van der Waals surface area (Å²) in [7, 11) is -3.74. The second kappa shape index (κ2) is 6.67. The SMILES string of the molecule is CC(C)(C)CC(C)(C)N1C2=Nc3ccccc3CNC2c2ccccc2S1(=O)=O. The Kier molecular flexibility index (Phi) is 4.63. The van der Waals surface area contributed by atoms with E-state index in [-0.39, 0.29) is 11.5 Å². The number of para-hydroxylation sites is 1. The van der Waals surface area contributed by atoms with E-state index in [9.17, 15) is 8.42 Å². The van der Waals surface area contributed by atoms with Crippen LogP contribution in [0, 0.1) is 5.41 Å². The molecular weight excluding hydrogens is 382 g/mol. The Morgan fingerprint density at radius 3 is 2.41 bits per heavy atom. The van der Waals surface area contributed by atoms with Crippen molar-refractivity contribution in [3.63, 3.8) is 0 Å². The van der Waals surface area contributed by atoms with E-state index in [1.807, 2.05) is 50.2 Å². The van der Waals surface area contributed by atoms with Crippen LogP contribution in [0.3, 0.4) is 0 Å². The van der Waals surface area contributed by atoms with Crippen molar-refractivity contribution in [1.82, 2.24) is 9.62 Å². The number of hydrogen-bond acceptors (Lipinski definition) is 4. The molecule has 0 bridgehead atoms. The lowest BCUT2D eigenvalue weighted by Crippen LogP contribution is -2.57. The predicted molar refractivity (Wildman–Crippen MR) is 117 cm³/mol. The van der Waals surface area contributed by atoms with Crippen molar-refractivity contribution in [2.75, 3.05) is 0 Å². The highest BCUT2D eigenvalue weighted by Gasteiger charge is 2.49. The first kappa shape index (κ1) is 20.1. The standard InChI is InChI=1S/C23H29N3O2S/c1-22(2,3)15-23(4,5)26-21-20(17-11-7-9-13-19(17)29(26,27)28)24-14-16-10-6-8-12-18(16)25-21/h6-13,20,24H,14-15H2,1-5H3. The molecule has 0 saturated heterocycles. The Bertz CT molecular complexity index is 1080. The van der Waals surface area contributed by atoms with Gasteiger partial charge in [0.15, 0.2) is 0 Å². The molecule has 154 valence electrons. The number of hydrogen-bond donors (Lipinski definition) is 1. The highest BCUT2D eigenvalue weighted by atomic mass is 32.2. The zero-order valence-electron chi connectivity index (χ0n) is 17.7. The fraction of sp³-hybridized carbons (Fsp3) is 0.435. The normalized spacial score (nSPS) is 20.8. The van der Waals surface area contributed by atoms with E-state index in [1.54, 1.807) is 16.4 Å². The lowest BCUT2D eigenvalue weighted by molar-refractivity contribution is 0.200. The molecule has 2 aromatic carbocycles. The van der Waals surface area contributed by atoms with Crippen LogP contribution < -0.4 is 5.32 Å². The summed E-state index contributed by atoms with van der Waals surface area (Å²) in [5.41, 5.74) is 1.98. The molecule has 29 heavy (non-hydrogen) atoms. The summed E-state index contributed by atoms with van der Waals surface area (Å²) < 4.78 is 29.2. The second-order valence-electron chi connectivity index (χ2n) is 9.77. The maximum atomic E-state index is 13.8. The molecule has 0 saturated carbocycles. The van der Waals surface area contributed by atoms with Gasteiger partial charge in [-0.25, -0.2) is 17.7 Å². The van der Waals surface area contributed by atoms with Gasteiger partial charge < -0.3 is 0 Å². The highest BCUT2D eigenvalue weighted by molar-refractivity contribution is 7.90. The van der Waals surface area contributed by atoms with Crippen molar-refractivity contribution >= 4 is 21.5 Å². The summed E-state index contributed by atoms with van der Waals surface area (Å²) in [6, 6.07) is 14.9. The van der Waals surface area contributed by atoms with Gasteiger partial charge in [-0.2, -0.15) is 0 Å². The number of nitrogens with zero attached hydrogens (tertiary/aromatic N) is 2. The fourth-order valence-corrected chi connectivity index (χ4v) is 6.89. The van der Waals surface area contributed by atoms with Crippen molar-refractivity contribution in [2.45, 2.75) is 64.1 Å². The summed E-state index contributed by atoms with van der Waals surface area (Å²) in [6.07, 6.45) is 0.703. The van der Waals surface area contributed by atoms with Gasteiger partial charge in [0.25, 0.3) is 10.0 Å². The first-order valence-electron chi connectivity index (χ1n) is 10.0. The maximum Gasteiger partial charge on any atom is 0.266 e. The molecule has 0 fully saturated rings. The van der Waals surface area contributed by atoms with Crippen LogP contribution >= 0.6 is 0 Å². The quantitative estimate of drug-likeness (QED) is 0.773. The van der Waals surface area contributed by atoms with E-state index < -0.39 is 15.6 Å². The van der Waals surface area contributed by atoms with Crippen molar-refractivity contribution in [2.24, 2.45) is 10.4 Å². The van der Waals surface area contributed by atoms with E-state index in [2.05, 4.69) is 26.1 Å². The maximum absolute atomic E-state index is 13.8. The van der Waals surface area contributed by atoms with Gasteiger partial charge in [-0.1, -0.05) is 57.2 Å². The van der Waals surface area contributed by atoms with Crippen LogP contribution in [0.4, 0.5) is 5.69 Å². The van der Waals surface area contributed by atoms with Gasteiger partial charge in [0.05, 0.1) is 22.2 Å². The third-order valence-electron chi connectivity index (χ3n) is 5.45. The first-order valence-corrected chi connectivity index (χ1v) is 11.5. The van der Waals surface area contributed by atoms with Crippen LogP contribution in [-0.2, 0) is 16.6 Å². The molecule has 1 N–H and O–H groups in total. The monoisotopic (exact) mass is 411 g/mol. The van der Waals surface area contributed by atoms with E-state index in [4.69, 9.17) is 4.99 Å². The Morgan fingerprint density at radius 2 is 1.69 bits per heavy atom. The molecule has 2 aliphatic heterocycles. The van der Waals surface area contributed by atoms with Crippen LogP contribution in [0.25, 0.3) is 0 Å². The average molecular weight is 412 g/mol. The van der Waals surface area contributed by atoms with Crippen molar-refractivity contribution in [3.8, 4) is 0 Å². The lowest BCUT2D eigenvalue weighted by Gasteiger charge is -2.47. The smallest absolute Gasteiger partial charge is 0.266 e. The topological polar surface area (TPSA) is 61.8 Å². The number of sulfonamides is 1. The van der Waals surface area contributed by atoms with Crippen molar-refractivity contribution in [3.05, 3.63) is 59.7 Å². The summed E-state index contributed by atoms with van der Waals surface area (Å²) in [4.78, 5) is 5.30. The minimum atomic E-state index is -3.74. The van der Waals surface area contributed by atoms with Crippen LogP contribution in [0.5, 0.6) is 0 Å². The molecule has 0 radical (unpaired) electrons. The fourth-order valence-electron chi connectivity index (χ4n) is 4.85. The average Bonchev–Trinajstić information content (AvgIpc) is 2.78. The van der Waals surface area contributed by atoms with Crippen LogP contribution in [-0.4, -0.2) is 24.1 Å². The van der Waals surface area contributed by atoms with Crippen LogP contribution in [0.2, 0.25) is 0 Å². The third kappa shape index (κ3) is 3.49. The molecule has 0 amide bonds. The summed E-state index contributed by atoms with van der Waals surface area (Å²) in [5.74, 6) is 0.558. The number of fused-ring (bicyclic) bond motifs is 4. The molecule has 2 aromatic rings. The van der Waals surface area contributed by atoms with Gasteiger partial charge in [0, 0.05) is 6.54 Å². The Balaban J connectivity index is 1.98. The number of nitrogens with one attached hydrogen (secondary N) is 1. The van der Waals surface area contributed by atoms with Gasteiger partial charge in [-0.15, -0.1) is 0 Å². The van der Waals surface area contributed by atoms with Gasteiger partial charge in [-0.3, -0.25) is 5.32 Å². The third-order valence-corrected chi connectivity index (χ3v) is 7.54. The van der Waals surface area contributed by atoms with E-state index in [1.165, 1.54) is 0 Å². The zero-order valence-corrected chi connectivity index (χ0v) is 18.5. The van der Waals surface area contributed by atoms with Gasteiger partial charge >= 0.3 is 0 Å². The van der Waals surface area contributed by atoms with Gasteiger partial charge in [0.2, 0.25) is 0 Å². The lowest BCUT2D eigenvalue weighted by atomic mass is 9.81. The summed E-state index contributed by atoms with van der Waals surface area (Å²) in [6.45, 7) is 11.0. The number of amidine groups is 1. The van der Waals surface area contributed by atoms with E-state index >= 15 is 0 Å². The highest BCUT2D eigenvalue weighted by Crippen LogP contribution is 2.43. The molecule has 5 nitrogen and oxygen atoms in total. The summed E-state index contributed by atoms with van der Waals surface area (Å²) in [5, 5.41) is 3.56. The molecule has 4 rings (SSSR count). The van der Waals surface area contributed by atoms with Crippen LogP contribution in [0.15, 0.2) is 58.4 Å². The van der Waals surface area contributed by atoms with Crippen molar-refractivity contribution in [1.29, 1.82) is 0 Å². The predicted octanol–water partition coefficient (Wildman–Crippen LogP) is 4.78. The Hall–Kier alpha value is -2.18. The molecule has 0 aromatic heterocycles. The Labute approximate surface area is 173 Å². The van der Waals surface area contributed by atoms with Crippen molar-refractivity contribution < 1.29 is 8.42 Å². The number of aliphatic imine (C=N–C) groups is 1. The number of rotatable bonds is 2. The van der Waals surface area contributed by atoms with Crippen LogP contribution in [0.1, 0.15) is 58.2 Å². The molecular formula is C23H29N3O2S. The molecule has 0 aliphatic carbocycles. The zero-order chi connectivity index (χ0) is 21.0. The van der Waals surface area contributed by atoms with E-state index in [0.29, 0.717) is 23.7 Å². The molecule has 2 heterocycles. The minimum Gasteiger partial charge on any atom is -0.299 e. The number of benzene rings is 2.